The second kappa shape index (κ2) is 29.4. The molecule has 1 heterocycles. The van der Waals surface area contributed by atoms with Gasteiger partial charge >= 0.3 is 5.97 Å². The van der Waals surface area contributed by atoms with Crippen LogP contribution >= 0.6 is 11.8 Å². The second-order valence-electron chi connectivity index (χ2n) is 18.0. The number of nitrogens with one attached hydrogen (secondary N) is 8. The lowest BCUT2D eigenvalue weighted by Crippen LogP contribution is -2.60. The standard InChI is InChI=1S/C45H72N14O13S/c1-21(2)17-32(44(71)72)56-37(64)25(6)52-35(62)23(4)50-34(61)22(3)51-36(63)24(5)53-39(66)31(14-16-73-9)55-41(68)33(20-60)57-40(67)30(11-10-15-49-45(47)48)54-38(65)29(46)19-59-42(69)27-13-12-26(58(7)8)18-28(27)43(59)70/h12-13,18,21-25,29-33,60H,10-11,14-17,19-20,46H2,1-9H3,(H,50,61)(H,51,63)(H,52,62)(H,53,66)(H,54,65)(H,55,68)(H,56,64)(H,57,67)(H,71,72)(H4,47,48,49)/t22-,23-,24-,25-,29-,30-,31-,32-,33-/m0/s1. The highest BCUT2D eigenvalue weighted by Crippen LogP contribution is 2.27. The average molecular weight is 1050 g/mol. The number of carboxylic acid groups (broad SMARTS) is 1. The molecular formula is C45H72N14O13S. The number of nitrogens with zero attached hydrogens (tertiary/aromatic N) is 3. The third-order valence-corrected chi connectivity index (χ3v) is 11.8. The highest BCUT2D eigenvalue weighted by atomic mass is 32.2. The summed E-state index contributed by atoms with van der Waals surface area (Å²) in [7, 11) is 3.51. The van der Waals surface area contributed by atoms with E-state index in [1.165, 1.54) is 51.6 Å². The van der Waals surface area contributed by atoms with E-state index in [4.69, 9.17) is 17.2 Å². The van der Waals surface area contributed by atoms with Crippen LogP contribution in [0.3, 0.4) is 0 Å². The molecule has 1 aliphatic heterocycles. The van der Waals surface area contributed by atoms with E-state index in [1.54, 1.807) is 45.2 Å². The first-order valence-electron chi connectivity index (χ1n) is 23.4. The molecule has 27 nitrogen and oxygen atoms in total. The minimum Gasteiger partial charge on any atom is -0.480 e. The quantitative estimate of drug-likeness (QED) is 0.0150. The fourth-order valence-corrected chi connectivity index (χ4v) is 7.35. The number of carbonyl (C=O) groups excluding carboxylic acids is 10. The molecule has 0 unspecified atom stereocenters. The summed E-state index contributed by atoms with van der Waals surface area (Å²) in [6.45, 7) is 7.33. The van der Waals surface area contributed by atoms with E-state index < -0.39 is 133 Å². The minimum atomic E-state index is -1.68. The van der Waals surface area contributed by atoms with Gasteiger partial charge in [0, 0.05) is 26.3 Å². The van der Waals surface area contributed by atoms with Gasteiger partial charge in [0.05, 0.1) is 24.3 Å². The lowest BCUT2D eigenvalue weighted by atomic mass is 10.0. The first kappa shape index (κ1) is 62.0. The summed E-state index contributed by atoms with van der Waals surface area (Å²) in [5.74, 6) is -9.48. The zero-order valence-corrected chi connectivity index (χ0v) is 43.3. The van der Waals surface area contributed by atoms with Gasteiger partial charge in [-0.2, -0.15) is 11.8 Å². The van der Waals surface area contributed by atoms with Gasteiger partial charge in [0.15, 0.2) is 5.96 Å². The summed E-state index contributed by atoms with van der Waals surface area (Å²) in [5.41, 5.74) is 17.9. The summed E-state index contributed by atoms with van der Waals surface area (Å²) in [4.78, 5) is 150. The van der Waals surface area contributed by atoms with Crippen LogP contribution in [0.15, 0.2) is 23.2 Å². The van der Waals surface area contributed by atoms with Crippen LogP contribution in [0.2, 0.25) is 0 Å². The molecular weight excluding hydrogens is 977 g/mol. The lowest BCUT2D eigenvalue weighted by molar-refractivity contribution is -0.142. The van der Waals surface area contributed by atoms with Crippen LogP contribution in [0, 0.1) is 5.92 Å². The monoisotopic (exact) mass is 1050 g/mol. The van der Waals surface area contributed by atoms with Gasteiger partial charge in [-0.3, -0.25) is 57.8 Å². The maximum atomic E-state index is 13.7. The fourth-order valence-electron chi connectivity index (χ4n) is 6.88. The van der Waals surface area contributed by atoms with Gasteiger partial charge in [-0.15, -0.1) is 0 Å². The SMILES string of the molecule is CSCC[C@H](NC(=O)[C@H](CO)NC(=O)[C@H](CCCN=C(N)N)NC(=O)[C@@H](N)CN1C(=O)c2ccc(N(C)C)cc2C1=O)C(=O)N[C@@H](C)C(=O)N[C@@H](C)C(=O)N[C@@H](C)C(=O)N[C@@H](C)C(=O)N[C@@H](CC(C)C)C(=O)O. The maximum absolute atomic E-state index is 13.7. The van der Waals surface area contributed by atoms with Crippen LogP contribution in [0.1, 0.15) is 87.9 Å². The van der Waals surface area contributed by atoms with Crippen LogP contribution in [-0.4, -0.2) is 186 Å². The molecule has 1 aliphatic rings. The van der Waals surface area contributed by atoms with Crippen molar-refractivity contribution in [1.82, 2.24) is 47.4 Å². The molecule has 0 bridgehead atoms. The zero-order chi connectivity index (χ0) is 55.4. The molecule has 0 aliphatic carbocycles. The van der Waals surface area contributed by atoms with E-state index in [9.17, 15) is 63.0 Å². The second-order valence-corrected chi connectivity index (χ2v) is 19.0. The number of carboxylic acids is 1. The van der Waals surface area contributed by atoms with Crippen LogP contribution in [-0.2, 0) is 43.2 Å². The number of imide groups is 1. The maximum Gasteiger partial charge on any atom is 0.326 e. The number of anilines is 1. The van der Waals surface area contributed by atoms with Gasteiger partial charge in [0.25, 0.3) is 11.8 Å². The third-order valence-electron chi connectivity index (χ3n) is 11.2. The molecule has 10 amide bonds. The van der Waals surface area contributed by atoms with Crippen LogP contribution in [0.25, 0.3) is 0 Å². The Hall–Kier alpha value is -7.07. The van der Waals surface area contributed by atoms with Gasteiger partial charge in [-0.25, -0.2) is 4.79 Å². The van der Waals surface area contributed by atoms with Crippen molar-refractivity contribution in [2.75, 3.05) is 50.7 Å². The molecule has 9 atom stereocenters. The zero-order valence-electron chi connectivity index (χ0n) is 42.5. The molecule has 0 radical (unpaired) electrons. The van der Waals surface area contributed by atoms with Gasteiger partial charge in [0.1, 0.15) is 54.4 Å². The number of aliphatic carboxylic acids is 1. The number of amides is 10. The van der Waals surface area contributed by atoms with Crippen LogP contribution in [0.5, 0.6) is 0 Å². The molecule has 28 heteroatoms. The molecule has 16 N–H and O–H groups in total. The van der Waals surface area contributed by atoms with Gasteiger partial charge in [0.2, 0.25) is 47.3 Å². The molecule has 0 spiro atoms. The number of fused-ring (bicyclic) bond motifs is 1. The van der Waals surface area contributed by atoms with Crippen molar-refractivity contribution >= 4 is 88.4 Å². The van der Waals surface area contributed by atoms with Crippen molar-refractivity contribution in [2.24, 2.45) is 28.1 Å². The number of benzene rings is 1. The Balaban J connectivity index is 2.08. The Kier molecular flexibility index (Phi) is 25.0. The highest BCUT2D eigenvalue weighted by molar-refractivity contribution is 7.98. The van der Waals surface area contributed by atoms with E-state index in [2.05, 4.69) is 47.5 Å². The number of aliphatic hydroxyl groups is 1. The molecule has 406 valence electrons. The van der Waals surface area contributed by atoms with Gasteiger partial charge in [-0.1, -0.05) is 13.8 Å². The van der Waals surface area contributed by atoms with Crippen molar-refractivity contribution in [3.8, 4) is 0 Å². The molecule has 1 aromatic carbocycles. The fraction of sp³-hybridized carbons (Fsp3) is 0.600. The number of carbonyl (C=O) groups is 11. The molecule has 0 fully saturated rings. The van der Waals surface area contributed by atoms with Gasteiger partial charge in [-0.05, 0) is 89.5 Å². The predicted molar refractivity (Wildman–Crippen MR) is 269 cm³/mol. The van der Waals surface area contributed by atoms with Crippen molar-refractivity contribution in [3.05, 3.63) is 29.3 Å². The van der Waals surface area contributed by atoms with Crippen LogP contribution in [0.4, 0.5) is 5.69 Å². The third kappa shape index (κ3) is 19.5. The van der Waals surface area contributed by atoms with Crippen molar-refractivity contribution in [2.45, 2.75) is 122 Å². The van der Waals surface area contributed by atoms with E-state index in [0.717, 1.165) is 4.90 Å². The number of hydrogen-bond acceptors (Lipinski definition) is 16. The largest absolute Gasteiger partial charge is 0.480 e. The normalized spacial score (nSPS) is 15.6. The predicted octanol–water partition coefficient (Wildman–Crippen LogP) is -4.44. The highest BCUT2D eigenvalue weighted by Gasteiger charge is 2.39. The van der Waals surface area contributed by atoms with E-state index in [-0.39, 0.29) is 55.2 Å². The molecule has 0 saturated heterocycles. The average Bonchev–Trinajstić information content (AvgIpc) is 3.55. The Morgan fingerprint density at radius 2 is 1.08 bits per heavy atom. The molecule has 0 aromatic heterocycles. The number of thioether (sulfide) groups is 1. The topological polar surface area (TPSA) is 421 Å². The molecule has 73 heavy (non-hydrogen) atoms. The summed E-state index contributed by atoms with van der Waals surface area (Å²) in [6, 6.07) is -7.35. The number of aliphatic imine (C=N–C) groups is 1. The molecule has 1 aromatic rings. The Morgan fingerprint density at radius 1 is 0.644 bits per heavy atom. The summed E-state index contributed by atoms with van der Waals surface area (Å²) in [5, 5.41) is 39.0. The molecule has 2 rings (SSSR count). The number of nitrogens with two attached hydrogens (primary N) is 3. The first-order chi connectivity index (χ1) is 34.1. The number of hydrogen-bond donors (Lipinski definition) is 13. The Morgan fingerprint density at radius 3 is 1.56 bits per heavy atom. The number of aliphatic hydroxyl groups excluding tert-OH is 1. The lowest BCUT2D eigenvalue weighted by Gasteiger charge is -2.26. The number of guanidine groups is 1. The van der Waals surface area contributed by atoms with Crippen LogP contribution < -0.4 is 64.6 Å². The summed E-state index contributed by atoms with van der Waals surface area (Å²) >= 11 is 1.32. The summed E-state index contributed by atoms with van der Waals surface area (Å²) in [6.07, 6.45) is 1.91. The first-order valence-corrected chi connectivity index (χ1v) is 24.8. The van der Waals surface area contributed by atoms with E-state index in [1.807, 2.05) is 0 Å². The number of rotatable bonds is 30. The Bertz CT molecular complexity index is 2230. The van der Waals surface area contributed by atoms with Gasteiger partial charge < -0.3 is 74.8 Å². The summed E-state index contributed by atoms with van der Waals surface area (Å²) < 4.78 is 0. The molecule has 0 saturated carbocycles. The van der Waals surface area contributed by atoms with Crippen molar-refractivity contribution < 1.29 is 63.0 Å². The van der Waals surface area contributed by atoms with Crippen molar-refractivity contribution in [3.63, 3.8) is 0 Å². The Labute approximate surface area is 427 Å². The van der Waals surface area contributed by atoms with Crippen molar-refractivity contribution in [1.29, 1.82) is 0 Å². The van der Waals surface area contributed by atoms with E-state index in [0.29, 0.717) is 11.4 Å². The van der Waals surface area contributed by atoms with E-state index >= 15 is 0 Å². The smallest absolute Gasteiger partial charge is 0.326 e. The minimum absolute atomic E-state index is 0.0155.